The van der Waals surface area contributed by atoms with E-state index in [0.29, 0.717) is 5.56 Å². The first-order valence-electron chi connectivity index (χ1n) is 12.7. The van der Waals surface area contributed by atoms with Crippen molar-refractivity contribution in [2.24, 2.45) is 0 Å². The molecule has 1 aliphatic rings. The summed E-state index contributed by atoms with van der Waals surface area (Å²) in [6, 6.07) is 9.62. The predicted octanol–water partition coefficient (Wildman–Crippen LogP) is 3.06. The Labute approximate surface area is 238 Å². The summed E-state index contributed by atoms with van der Waals surface area (Å²) >= 11 is 0. The molecule has 0 bridgehead atoms. The van der Waals surface area contributed by atoms with E-state index in [0.717, 1.165) is 27.7 Å². The highest BCUT2D eigenvalue weighted by molar-refractivity contribution is 5.82. The molecule has 0 unspecified atom stereocenters. The maximum Gasteiger partial charge on any atom is 0.303 e. The molecule has 3 aromatic rings. The zero-order chi connectivity index (χ0) is 30.6. The van der Waals surface area contributed by atoms with Gasteiger partial charge in [-0.2, -0.15) is 0 Å². The number of fused-ring (bicyclic) bond motifs is 1. The molecule has 0 aliphatic carbocycles. The molecular weight excluding hydrogens is 559 g/mol. The van der Waals surface area contributed by atoms with Crippen molar-refractivity contribution in [2.75, 3.05) is 6.61 Å². The first kappa shape index (κ1) is 30.2. The Morgan fingerprint density at radius 2 is 1.43 bits per heavy atom. The molecule has 5 atom stereocenters. The van der Waals surface area contributed by atoms with Gasteiger partial charge in [0, 0.05) is 33.8 Å². The SMILES string of the molecule is CC(=O)OC[C@@H]1O[C@@H](Oc2ccc3c(=O)c(-c4ccc(F)cc4)coc3c2)[C@@H](OC(C)=O)[C@H](OC(C)=O)[C@H]1OC(C)=O. The lowest BCUT2D eigenvalue weighted by molar-refractivity contribution is -0.288. The Balaban J connectivity index is 1.70. The standard InChI is InChI=1S/C29H27FO12/c1-14(31)36-13-24-26(38-15(2)32)27(39-16(3)33)28(40-17(4)34)29(42-24)41-20-9-10-21-23(11-20)37-12-22(25(21)35)18-5-7-19(30)8-6-18/h5-12,24,26-29H,13H2,1-4H3/t24-,26-,27+,28-,29+/m0/s1. The van der Waals surface area contributed by atoms with Gasteiger partial charge in [0.2, 0.25) is 12.4 Å². The molecule has 2 aromatic carbocycles. The minimum absolute atomic E-state index is 0.0982. The number of carbonyl (C=O) groups is 4. The topological polar surface area (TPSA) is 154 Å². The molecule has 4 rings (SSSR count). The van der Waals surface area contributed by atoms with E-state index in [4.69, 9.17) is 32.8 Å². The number of ether oxygens (including phenoxy) is 6. The lowest BCUT2D eigenvalue weighted by atomic mass is 9.98. The molecule has 222 valence electrons. The van der Waals surface area contributed by atoms with Crippen LogP contribution in [0.1, 0.15) is 27.7 Å². The van der Waals surface area contributed by atoms with Crippen LogP contribution >= 0.6 is 0 Å². The van der Waals surface area contributed by atoms with Gasteiger partial charge in [0.1, 0.15) is 36.1 Å². The molecule has 2 heterocycles. The van der Waals surface area contributed by atoms with Crippen molar-refractivity contribution in [3.63, 3.8) is 0 Å². The van der Waals surface area contributed by atoms with Crippen LogP contribution in [0.4, 0.5) is 4.39 Å². The fourth-order valence-corrected chi connectivity index (χ4v) is 4.43. The lowest BCUT2D eigenvalue weighted by Crippen LogP contribution is -2.63. The first-order valence-corrected chi connectivity index (χ1v) is 12.7. The maximum atomic E-state index is 13.3. The van der Waals surface area contributed by atoms with E-state index in [1.165, 1.54) is 48.7 Å². The number of rotatable bonds is 8. The summed E-state index contributed by atoms with van der Waals surface area (Å²) in [6.07, 6.45) is -5.62. The van der Waals surface area contributed by atoms with Crippen molar-refractivity contribution in [2.45, 2.75) is 58.4 Å². The summed E-state index contributed by atoms with van der Waals surface area (Å²) in [4.78, 5) is 60.6. The van der Waals surface area contributed by atoms with E-state index >= 15 is 0 Å². The highest BCUT2D eigenvalue weighted by Gasteiger charge is 2.53. The Bertz CT molecular complexity index is 1550. The van der Waals surface area contributed by atoms with Crippen molar-refractivity contribution in [3.05, 3.63) is 64.8 Å². The van der Waals surface area contributed by atoms with Gasteiger partial charge in [-0.05, 0) is 29.8 Å². The molecule has 12 nitrogen and oxygen atoms in total. The van der Waals surface area contributed by atoms with Gasteiger partial charge in [0.25, 0.3) is 0 Å². The third kappa shape index (κ3) is 7.10. The second-order valence-electron chi connectivity index (χ2n) is 9.33. The van der Waals surface area contributed by atoms with Gasteiger partial charge in [-0.15, -0.1) is 0 Å². The summed E-state index contributed by atoms with van der Waals surface area (Å²) in [5.41, 5.74) is 0.441. The van der Waals surface area contributed by atoms with E-state index in [1.807, 2.05) is 0 Å². The number of hydrogen-bond donors (Lipinski definition) is 0. The summed E-state index contributed by atoms with van der Waals surface area (Å²) in [6.45, 7) is 4.07. The Kier molecular flexibility index (Phi) is 9.21. The fourth-order valence-electron chi connectivity index (χ4n) is 4.43. The third-order valence-electron chi connectivity index (χ3n) is 6.10. The molecule has 1 fully saturated rings. The van der Waals surface area contributed by atoms with Crippen LogP contribution in [-0.4, -0.2) is 61.2 Å². The number of hydrogen-bond acceptors (Lipinski definition) is 12. The quantitative estimate of drug-likeness (QED) is 0.281. The van der Waals surface area contributed by atoms with Crippen LogP contribution in [0.3, 0.4) is 0 Å². The van der Waals surface area contributed by atoms with Gasteiger partial charge >= 0.3 is 23.9 Å². The zero-order valence-corrected chi connectivity index (χ0v) is 23.0. The molecule has 0 N–H and O–H groups in total. The molecule has 0 spiro atoms. The van der Waals surface area contributed by atoms with Crippen molar-refractivity contribution in [1.82, 2.24) is 0 Å². The van der Waals surface area contributed by atoms with Crippen LogP contribution in [0.2, 0.25) is 0 Å². The molecule has 0 saturated carbocycles. The van der Waals surface area contributed by atoms with Crippen molar-refractivity contribution < 1.29 is 56.4 Å². The number of halogens is 1. The normalized spacial score (nSPS) is 21.7. The zero-order valence-electron chi connectivity index (χ0n) is 23.0. The Morgan fingerprint density at radius 1 is 0.810 bits per heavy atom. The molecule has 42 heavy (non-hydrogen) atoms. The van der Waals surface area contributed by atoms with Gasteiger partial charge in [-0.1, -0.05) is 12.1 Å². The summed E-state index contributed by atoms with van der Waals surface area (Å²) in [7, 11) is 0. The number of esters is 4. The number of benzene rings is 2. The maximum absolute atomic E-state index is 13.3. The molecule has 1 aliphatic heterocycles. The Hall–Kier alpha value is -4.78. The second kappa shape index (κ2) is 12.8. The minimum Gasteiger partial charge on any atom is -0.463 e. The van der Waals surface area contributed by atoms with Crippen molar-refractivity contribution in [3.8, 4) is 16.9 Å². The van der Waals surface area contributed by atoms with Gasteiger partial charge in [0.05, 0.1) is 10.9 Å². The molecule has 0 amide bonds. The van der Waals surface area contributed by atoms with E-state index in [-0.39, 0.29) is 27.7 Å². The second-order valence-corrected chi connectivity index (χ2v) is 9.33. The summed E-state index contributed by atoms with van der Waals surface area (Å²) in [5, 5.41) is 0.200. The highest BCUT2D eigenvalue weighted by Crippen LogP contribution is 2.32. The Morgan fingerprint density at radius 3 is 2.05 bits per heavy atom. The number of carbonyl (C=O) groups excluding carboxylic acids is 4. The average molecular weight is 587 g/mol. The lowest BCUT2D eigenvalue weighted by Gasteiger charge is -2.43. The molecule has 13 heteroatoms. The van der Waals surface area contributed by atoms with Crippen molar-refractivity contribution >= 4 is 34.8 Å². The summed E-state index contributed by atoms with van der Waals surface area (Å²) in [5.74, 6) is -3.35. The van der Waals surface area contributed by atoms with Gasteiger partial charge in [-0.25, -0.2) is 4.39 Å². The van der Waals surface area contributed by atoms with Gasteiger partial charge in [0.15, 0.2) is 17.6 Å². The van der Waals surface area contributed by atoms with Gasteiger partial charge < -0.3 is 32.8 Å². The van der Waals surface area contributed by atoms with Crippen molar-refractivity contribution in [1.29, 1.82) is 0 Å². The largest absolute Gasteiger partial charge is 0.463 e. The van der Waals surface area contributed by atoms with Crippen LogP contribution < -0.4 is 10.2 Å². The molecular formula is C29H27FO12. The monoisotopic (exact) mass is 586 g/mol. The van der Waals surface area contributed by atoms with Crippen LogP contribution in [0, 0.1) is 5.82 Å². The van der Waals surface area contributed by atoms with E-state index in [9.17, 15) is 28.4 Å². The van der Waals surface area contributed by atoms with Crippen LogP contribution in [0.5, 0.6) is 5.75 Å². The summed E-state index contributed by atoms with van der Waals surface area (Å²) < 4.78 is 52.1. The van der Waals surface area contributed by atoms with E-state index in [1.54, 1.807) is 0 Å². The highest BCUT2D eigenvalue weighted by atomic mass is 19.1. The minimum atomic E-state index is -1.46. The molecule has 1 saturated heterocycles. The van der Waals surface area contributed by atoms with E-state index in [2.05, 4.69) is 0 Å². The van der Waals surface area contributed by atoms with Crippen LogP contribution in [0.15, 0.2) is 57.9 Å². The predicted molar refractivity (Wildman–Crippen MR) is 140 cm³/mol. The van der Waals surface area contributed by atoms with Crippen LogP contribution in [-0.2, 0) is 42.9 Å². The van der Waals surface area contributed by atoms with Crippen LogP contribution in [0.25, 0.3) is 22.1 Å². The first-order chi connectivity index (χ1) is 19.9. The average Bonchev–Trinajstić information content (AvgIpc) is 2.91. The smallest absolute Gasteiger partial charge is 0.303 e. The van der Waals surface area contributed by atoms with Gasteiger partial charge in [-0.3, -0.25) is 24.0 Å². The third-order valence-corrected chi connectivity index (χ3v) is 6.10. The van der Waals surface area contributed by atoms with E-state index < -0.39 is 67.0 Å². The molecule has 0 radical (unpaired) electrons. The molecule has 1 aromatic heterocycles. The fraction of sp³-hybridized carbons (Fsp3) is 0.345.